The number of carbonyl (C=O) groups is 3. The minimum Gasteiger partial charge on any atom is -0.504 e. The van der Waals surface area contributed by atoms with Crippen LogP contribution in [-0.2, 0) is 25.7 Å². The zero-order chi connectivity index (χ0) is 29.7. The number of fused-ring (bicyclic) bond motifs is 1. The third-order valence-electron chi connectivity index (χ3n) is 6.96. The number of amides is 2. The Labute approximate surface area is 241 Å². The summed E-state index contributed by atoms with van der Waals surface area (Å²) in [5.74, 6) is -1.27. The van der Waals surface area contributed by atoms with Crippen molar-refractivity contribution < 1.29 is 29.3 Å². The van der Waals surface area contributed by atoms with Gasteiger partial charge in [-0.1, -0.05) is 17.2 Å². The van der Waals surface area contributed by atoms with Gasteiger partial charge in [0.1, 0.15) is 20.7 Å². The standard InChI is InChI=1S/C25H33BN8O6S/c1-13(40-20(38)11-29-19(37)10-27)24(39)33-5-2-14(3-6-33)4-7-34-23-21(22(28)30-12-31-23)32-25(34)41-18-9-17(36)16(35)8-15(18)26/h8-9,12-14,35-36H,2-7,10-11,26-27H2,1H3,(H,29,37)(H2,28,30,31)/t13-/m0/s1. The lowest BCUT2D eigenvalue weighted by Gasteiger charge is -2.33. The molecule has 0 unspecified atom stereocenters. The molecular formula is C25H33BN8O6S. The predicted molar refractivity (Wildman–Crippen MR) is 153 cm³/mol. The Hall–Kier alpha value is -4.05. The van der Waals surface area contributed by atoms with Crippen molar-refractivity contribution in [3.05, 3.63) is 18.5 Å². The van der Waals surface area contributed by atoms with Crippen molar-refractivity contribution in [3.8, 4) is 11.5 Å². The van der Waals surface area contributed by atoms with Gasteiger partial charge in [0.2, 0.25) is 5.91 Å². The molecule has 14 nitrogen and oxygen atoms in total. The number of nitrogens with one attached hydrogen (secondary N) is 1. The summed E-state index contributed by atoms with van der Waals surface area (Å²) in [5.41, 5.74) is 13.1. The number of aromatic nitrogens is 4. The molecule has 1 fully saturated rings. The molecule has 0 spiro atoms. The molecule has 2 amide bonds. The number of aromatic hydroxyl groups is 2. The number of nitrogens with zero attached hydrogens (tertiary/aromatic N) is 5. The smallest absolute Gasteiger partial charge is 0.326 e. The average Bonchev–Trinajstić information content (AvgIpc) is 3.31. The Kier molecular flexibility index (Phi) is 9.55. The fraction of sp³-hybridized carbons (Fsp3) is 0.440. The molecule has 0 saturated carbocycles. The van der Waals surface area contributed by atoms with Crippen LogP contribution in [0, 0.1) is 5.92 Å². The van der Waals surface area contributed by atoms with Crippen molar-refractivity contribution in [2.45, 2.75) is 48.9 Å². The topological polar surface area (TPSA) is 212 Å². The third kappa shape index (κ3) is 7.19. The summed E-state index contributed by atoms with van der Waals surface area (Å²) in [6.45, 7) is 2.59. The van der Waals surface area contributed by atoms with E-state index in [0.717, 1.165) is 29.6 Å². The van der Waals surface area contributed by atoms with E-state index in [2.05, 4.69) is 20.3 Å². The molecule has 16 heteroatoms. The van der Waals surface area contributed by atoms with Crippen LogP contribution in [0.3, 0.4) is 0 Å². The highest BCUT2D eigenvalue weighted by Crippen LogP contribution is 2.35. The van der Waals surface area contributed by atoms with E-state index >= 15 is 0 Å². The fourth-order valence-corrected chi connectivity index (χ4v) is 5.64. The Balaban J connectivity index is 1.37. The second kappa shape index (κ2) is 13.1. The van der Waals surface area contributed by atoms with Crippen LogP contribution in [0.25, 0.3) is 11.2 Å². The maximum atomic E-state index is 12.8. The maximum absolute atomic E-state index is 12.8. The molecule has 0 radical (unpaired) electrons. The van der Waals surface area contributed by atoms with Crippen molar-refractivity contribution >= 4 is 59.8 Å². The van der Waals surface area contributed by atoms with Crippen molar-refractivity contribution in [2.24, 2.45) is 11.7 Å². The first kappa shape index (κ1) is 29.9. The number of hydrogen-bond donors (Lipinski definition) is 5. The second-order valence-electron chi connectivity index (χ2n) is 9.86. The summed E-state index contributed by atoms with van der Waals surface area (Å²) in [5, 5.41) is 22.8. The number of nitrogens with two attached hydrogens (primary N) is 2. The Bertz CT molecular complexity index is 1450. The third-order valence-corrected chi connectivity index (χ3v) is 8.11. The van der Waals surface area contributed by atoms with Crippen molar-refractivity contribution in [3.63, 3.8) is 0 Å². The summed E-state index contributed by atoms with van der Waals surface area (Å²) >= 11 is 1.34. The zero-order valence-electron chi connectivity index (χ0n) is 22.9. The first-order chi connectivity index (χ1) is 19.6. The Morgan fingerprint density at radius 1 is 1.22 bits per heavy atom. The van der Waals surface area contributed by atoms with Gasteiger partial charge in [-0.25, -0.2) is 15.0 Å². The summed E-state index contributed by atoms with van der Waals surface area (Å²) in [7, 11) is 1.83. The summed E-state index contributed by atoms with van der Waals surface area (Å²) in [4.78, 5) is 51.5. The van der Waals surface area contributed by atoms with Gasteiger partial charge in [-0.3, -0.25) is 14.4 Å². The second-order valence-corrected chi connectivity index (χ2v) is 10.9. The van der Waals surface area contributed by atoms with Crippen molar-refractivity contribution in [2.75, 3.05) is 31.9 Å². The van der Waals surface area contributed by atoms with Crippen LogP contribution < -0.4 is 22.2 Å². The van der Waals surface area contributed by atoms with E-state index in [9.17, 15) is 24.6 Å². The van der Waals surface area contributed by atoms with Crippen LogP contribution in [-0.4, -0.2) is 92.5 Å². The summed E-state index contributed by atoms with van der Waals surface area (Å²) < 4.78 is 7.14. The van der Waals surface area contributed by atoms with Crippen molar-refractivity contribution in [1.82, 2.24) is 29.7 Å². The molecule has 2 aromatic heterocycles. The van der Waals surface area contributed by atoms with Gasteiger partial charge in [0.25, 0.3) is 5.91 Å². The number of ether oxygens (including phenoxy) is 1. The number of esters is 1. The minimum atomic E-state index is -0.960. The van der Waals surface area contributed by atoms with Gasteiger partial charge >= 0.3 is 5.97 Å². The zero-order valence-corrected chi connectivity index (χ0v) is 23.7. The van der Waals surface area contributed by atoms with Crippen LogP contribution in [0.2, 0.25) is 0 Å². The Morgan fingerprint density at radius 2 is 1.93 bits per heavy atom. The monoisotopic (exact) mass is 584 g/mol. The van der Waals surface area contributed by atoms with E-state index < -0.39 is 18.0 Å². The van der Waals surface area contributed by atoms with Gasteiger partial charge in [0, 0.05) is 24.5 Å². The highest BCUT2D eigenvalue weighted by atomic mass is 32.2. The fourth-order valence-electron chi connectivity index (χ4n) is 4.63. The van der Waals surface area contributed by atoms with Gasteiger partial charge in [-0.15, -0.1) is 0 Å². The van der Waals surface area contributed by atoms with Gasteiger partial charge in [-0.2, -0.15) is 0 Å². The number of benzene rings is 1. The molecule has 3 heterocycles. The predicted octanol–water partition coefficient (Wildman–Crippen LogP) is -1.14. The van der Waals surface area contributed by atoms with E-state index in [1.807, 2.05) is 12.4 Å². The number of aryl methyl sites for hydroxylation is 1. The quantitative estimate of drug-likeness (QED) is 0.109. The molecule has 1 saturated heterocycles. The molecule has 0 aliphatic carbocycles. The number of phenolic OH excluding ortho intramolecular Hbond substituents is 2. The van der Waals surface area contributed by atoms with E-state index in [4.69, 9.17) is 16.2 Å². The molecule has 218 valence electrons. The molecule has 1 aliphatic rings. The lowest BCUT2D eigenvalue weighted by Crippen LogP contribution is -2.45. The SMILES string of the molecule is Bc1cc(O)c(O)cc1Sc1nc2c(N)ncnc2n1CCC1CCN(C(=O)[C@H](C)OC(=O)CNC(=O)CN)CC1. The molecule has 1 aromatic carbocycles. The van der Waals surface area contributed by atoms with Crippen LogP contribution in [0.5, 0.6) is 11.5 Å². The molecule has 1 aliphatic heterocycles. The van der Waals surface area contributed by atoms with E-state index in [-0.39, 0.29) is 36.3 Å². The van der Waals surface area contributed by atoms with Crippen LogP contribution in [0.15, 0.2) is 28.5 Å². The van der Waals surface area contributed by atoms with Crippen LogP contribution in [0.4, 0.5) is 5.82 Å². The van der Waals surface area contributed by atoms with Crippen LogP contribution in [0.1, 0.15) is 26.2 Å². The number of carbonyl (C=O) groups excluding carboxylic acids is 3. The molecule has 3 aromatic rings. The molecule has 0 bridgehead atoms. The van der Waals surface area contributed by atoms with E-state index in [0.29, 0.717) is 41.9 Å². The van der Waals surface area contributed by atoms with Gasteiger partial charge in [0.05, 0.1) is 6.54 Å². The molecule has 7 N–H and O–H groups in total. The number of anilines is 1. The number of likely N-dealkylation sites (tertiary alicyclic amines) is 1. The van der Waals surface area contributed by atoms with Crippen molar-refractivity contribution in [1.29, 1.82) is 0 Å². The molecular weight excluding hydrogens is 551 g/mol. The first-order valence-corrected chi connectivity index (χ1v) is 14.0. The highest BCUT2D eigenvalue weighted by molar-refractivity contribution is 7.99. The largest absolute Gasteiger partial charge is 0.504 e. The summed E-state index contributed by atoms with van der Waals surface area (Å²) in [6, 6.07) is 2.99. The van der Waals surface area contributed by atoms with Gasteiger partial charge in [0.15, 0.2) is 39.7 Å². The first-order valence-electron chi connectivity index (χ1n) is 13.2. The number of nitrogen functional groups attached to an aromatic ring is 1. The van der Waals surface area contributed by atoms with Gasteiger partial charge < -0.3 is 41.2 Å². The van der Waals surface area contributed by atoms with E-state index in [1.54, 1.807) is 4.90 Å². The van der Waals surface area contributed by atoms with Crippen LogP contribution >= 0.6 is 11.8 Å². The lowest BCUT2D eigenvalue weighted by molar-refractivity contribution is -0.159. The minimum absolute atomic E-state index is 0.191. The normalized spacial score (nSPS) is 14.6. The summed E-state index contributed by atoms with van der Waals surface area (Å²) in [6.07, 6.45) is 2.79. The van der Waals surface area contributed by atoms with Gasteiger partial charge in [-0.05, 0) is 44.2 Å². The maximum Gasteiger partial charge on any atom is 0.326 e. The number of phenols is 2. The molecule has 1 atom stereocenters. The number of piperidine rings is 1. The van der Waals surface area contributed by atoms with E-state index in [1.165, 1.54) is 37.1 Å². The highest BCUT2D eigenvalue weighted by Gasteiger charge is 2.28. The number of imidazole rings is 1. The molecule has 4 rings (SSSR count). The number of rotatable bonds is 10. The Morgan fingerprint density at radius 3 is 2.63 bits per heavy atom. The molecule has 41 heavy (non-hydrogen) atoms. The lowest BCUT2D eigenvalue weighted by atomic mass is 9.93. The number of hydrogen-bond acceptors (Lipinski definition) is 12. The average molecular weight is 584 g/mol.